The standard InChI is InChI=1S/C10H16O2S2/c1-14-9(13)12-8-2-4-10(5-3-8)6-7-11-10/h8H,2-7H2,1H3. The molecule has 0 aromatic heterocycles. The summed E-state index contributed by atoms with van der Waals surface area (Å²) in [5.41, 5.74) is 0.237. The van der Waals surface area contributed by atoms with Crippen molar-refractivity contribution in [3.63, 3.8) is 0 Å². The van der Waals surface area contributed by atoms with Crippen LogP contribution in [0.15, 0.2) is 0 Å². The van der Waals surface area contributed by atoms with Crippen LogP contribution in [-0.4, -0.2) is 29.0 Å². The second kappa shape index (κ2) is 4.37. The molecule has 2 fully saturated rings. The molecule has 0 bridgehead atoms. The Labute approximate surface area is 94.7 Å². The van der Waals surface area contributed by atoms with E-state index in [-0.39, 0.29) is 5.60 Å². The fourth-order valence-electron chi connectivity index (χ4n) is 2.20. The highest BCUT2D eigenvalue weighted by molar-refractivity contribution is 8.22. The Morgan fingerprint density at radius 1 is 1.43 bits per heavy atom. The number of thiocarbonyl (C=S) groups is 1. The van der Waals surface area contributed by atoms with Crippen molar-refractivity contribution in [2.24, 2.45) is 0 Å². The van der Waals surface area contributed by atoms with E-state index in [0.717, 1.165) is 32.3 Å². The third-order valence-electron chi connectivity index (χ3n) is 3.24. The minimum Gasteiger partial charge on any atom is -0.475 e. The van der Waals surface area contributed by atoms with Gasteiger partial charge in [0, 0.05) is 0 Å². The molecular weight excluding hydrogens is 216 g/mol. The highest BCUT2D eigenvalue weighted by Gasteiger charge is 2.42. The molecule has 1 saturated heterocycles. The quantitative estimate of drug-likeness (QED) is 0.647. The van der Waals surface area contributed by atoms with E-state index in [1.165, 1.54) is 18.2 Å². The highest BCUT2D eigenvalue weighted by Crippen LogP contribution is 2.41. The molecule has 4 heteroatoms. The minimum absolute atomic E-state index is 0.237. The van der Waals surface area contributed by atoms with Crippen LogP contribution in [0.5, 0.6) is 0 Å². The van der Waals surface area contributed by atoms with Crippen LogP contribution in [0, 0.1) is 0 Å². The van der Waals surface area contributed by atoms with E-state index < -0.39 is 0 Å². The van der Waals surface area contributed by atoms with E-state index in [0.29, 0.717) is 10.5 Å². The van der Waals surface area contributed by atoms with Crippen LogP contribution >= 0.6 is 24.0 Å². The average molecular weight is 232 g/mol. The molecule has 1 spiro atoms. The topological polar surface area (TPSA) is 18.5 Å². The van der Waals surface area contributed by atoms with E-state index in [4.69, 9.17) is 21.7 Å². The molecule has 1 aliphatic carbocycles. The van der Waals surface area contributed by atoms with Crippen LogP contribution in [0.2, 0.25) is 0 Å². The molecule has 0 radical (unpaired) electrons. The van der Waals surface area contributed by atoms with Crippen LogP contribution in [-0.2, 0) is 9.47 Å². The van der Waals surface area contributed by atoms with Crippen LogP contribution in [0.4, 0.5) is 0 Å². The number of hydrogen-bond donors (Lipinski definition) is 0. The van der Waals surface area contributed by atoms with Crippen molar-refractivity contribution in [2.75, 3.05) is 12.9 Å². The van der Waals surface area contributed by atoms with E-state index in [1.807, 2.05) is 6.26 Å². The van der Waals surface area contributed by atoms with Gasteiger partial charge in [0.2, 0.25) is 4.38 Å². The van der Waals surface area contributed by atoms with Crippen LogP contribution < -0.4 is 0 Å². The summed E-state index contributed by atoms with van der Waals surface area (Å²) in [5.74, 6) is 0. The molecule has 1 saturated carbocycles. The van der Waals surface area contributed by atoms with Crippen molar-refractivity contribution in [3.05, 3.63) is 0 Å². The summed E-state index contributed by atoms with van der Waals surface area (Å²) in [6.07, 6.45) is 8.03. The predicted molar refractivity (Wildman–Crippen MR) is 62.8 cm³/mol. The van der Waals surface area contributed by atoms with Gasteiger partial charge >= 0.3 is 0 Å². The van der Waals surface area contributed by atoms with Gasteiger partial charge in [-0.1, -0.05) is 11.8 Å². The zero-order chi connectivity index (χ0) is 10.0. The Bertz CT molecular complexity index is 216. The maximum Gasteiger partial charge on any atom is 0.219 e. The molecule has 1 aliphatic heterocycles. The molecule has 0 unspecified atom stereocenters. The maximum atomic E-state index is 5.65. The van der Waals surface area contributed by atoms with E-state index in [1.54, 1.807) is 0 Å². The fourth-order valence-corrected chi connectivity index (χ4v) is 2.57. The van der Waals surface area contributed by atoms with Gasteiger partial charge in [-0.05, 0) is 50.6 Å². The smallest absolute Gasteiger partial charge is 0.219 e. The second-order valence-electron chi connectivity index (χ2n) is 4.05. The molecule has 2 nitrogen and oxygen atoms in total. The maximum absolute atomic E-state index is 5.65. The Morgan fingerprint density at radius 3 is 2.50 bits per heavy atom. The lowest BCUT2D eigenvalue weighted by Gasteiger charge is -2.46. The summed E-state index contributed by atoms with van der Waals surface area (Å²) in [7, 11) is 0. The summed E-state index contributed by atoms with van der Waals surface area (Å²) in [4.78, 5) is 0. The van der Waals surface area contributed by atoms with Gasteiger partial charge in [-0.15, -0.1) is 0 Å². The molecule has 0 amide bonds. The lowest BCUT2D eigenvalue weighted by molar-refractivity contribution is -0.173. The molecule has 0 atom stereocenters. The Balaban J connectivity index is 1.75. The van der Waals surface area contributed by atoms with Crippen molar-refractivity contribution in [2.45, 2.75) is 43.8 Å². The summed E-state index contributed by atoms with van der Waals surface area (Å²) in [6.45, 7) is 0.953. The summed E-state index contributed by atoms with van der Waals surface area (Å²) >= 11 is 6.56. The van der Waals surface area contributed by atoms with Gasteiger partial charge in [0.25, 0.3) is 0 Å². The van der Waals surface area contributed by atoms with Gasteiger partial charge in [-0.3, -0.25) is 0 Å². The molecule has 2 rings (SSSR count). The molecule has 2 aliphatic rings. The van der Waals surface area contributed by atoms with Crippen LogP contribution in [0.3, 0.4) is 0 Å². The number of ether oxygens (including phenoxy) is 2. The zero-order valence-corrected chi connectivity index (χ0v) is 10.1. The van der Waals surface area contributed by atoms with E-state index >= 15 is 0 Å². The Kier molecular flexibility index (Phi) is 3.34. The first kappa shape index (κ1) is 10.7. The normalized spacial score (nSPS) is 36.5. The minimum atomic E-state index is 0.237. The van der Waals surface area contributed by atoms with Crippen molar-refractivity contribution in [1.29, 1.82) is 0 Å². The van der Waals surface area contributed by atoms with Crippen LogP contribution in [0.1, 0.15) is 32.1 Å². The van der Waals surface area contributed by atoms with Crippen molar-refractivity contribution in [3.8, 4) is 0 Å². The SMILES string of the molecule is CSC(=S)OC1CCC2(CCO2)CC1. The second-order valence-corrected chi connectivity index (χ2v) is 5.46. The first-order valence-corrected chi connectivity index (χ1v) is 6.76. The molecule has 1 heterocycles. The number of thioether (sulfide) groups is 1. The monoisotopic (exact) mass is 232 g/mol. The first-order valence-electron chi connectivity index (χ1n) is 5.13. The fraction of sp³-hybridized carbons (Fsp3) is 0.900. The van der Waals surface area contributed by atoms with Gasteiger partial charge < -0.3 is 9.47 Å². The summed E-state index contributed by atoms with van der Waals surface area (Å²) in [6, 6.07) is 0. The molecule has 0 N–H and O–H groups in total. The zero-order valence-electron chi connectivity index (χ0n) is 8.45. The lowest BCUT2D eigenvalue weighted by atomic mass is 9.78. The molecule has 14 heavy (non-hydrogen) atoms. The molecular formula is C10H16O2S2. The first-order chi connectivity index (χ1) is 6.74. The predicted octanol–water partition coefficient (Wildman–Crippen LogP) is 2.75. The third-order valence-corrected chi connectivity index (χ3v) is 4.27. The molecule has 0 aromatic carbocycles. The van der Waals surface area contributed by atoms with Crippen molar-refractivity contribution < 1.29 is 9.47 Å². The van der Waals surface area contributed by atoms with E-state index in [2.05, 4.69) is 0 Å². The van der Waals surface area contributed by atoms with Gasteiger partial charge in [0.05, 0.1) is 12.2 Å². The van der Waals surface area contributed by atoms with Gasteiger partial charge in [-0.25, -0.2) is 0 Å². The summed E-state index contributed by atoms with van der Waals surface area (Å²) in [5, 5.41) is 0. The molecule has 0 aromatic rings. The molecule has 80 valence electrons. The van der Waals surface area contributed by atoms with Gasteiger partial charge in [-0.2, -0.15) is 0 Å². The lowest BCUT2D eigenvalue weighted by Crippen LogP contribution is -2.47. The van der Waals surface area contributed by atoms with Crippen molar-refractivity contribution in [1.82, 2.24) is 0 Å². The largest absolute Gasteiger partial charge is 0.475 e. The highest BCUT2D eigenvalue weighted by atomic mass is 32.2. The Morgan fingerprint density at radius 2 is 2.07 bits per heavy atom. The third kappa shape index (κ3) is 2.23. The van der Waals surface area contributed by atoms with Crippen molar-refractivity contribution >= 4 is 28.4 Å². The van der Waals surface area contributed by atoms with Gasteiger partial charge in [0.15, 0.2) is 0 Å². The Hall–Kier alpha value is 0.200. The van der Waals surface area contributed by atoms with E-state index in [9.17, 15) is 0 Å². The number of hydrogen-bond acceptors (Lipinski definition) is 4. The average Bonchev–Trinajstić information content (AvgIpc) is 2.16. The summed E-state index contributed by atoms with van der Waals surface area (Å²) < 4.78 is 12.0. The number of rotatable bonds is 1. The van der Waals surface area contributed by atoms with Gasteiger partial charge in [0.1, 0.15) is 6.10 Å². The van der Waals surface area contributed by atoms with Crippen LogP contribution in [0.25, 0.3) is 0 Å².